The van der Waals surface area contributed by atoms with E-state index in [1.165, 1.54) is 37.9 Å². The fraction of sp³-hybridized carbons (Fsp3) is 0.562. The largest absolute Gasteiger partial charge is 1.00 e. The summed E-state index contributed by atoms with van der Waals surface area (Å²) in [5.74, 6) is -0.927. The summed E-state index contributed by atoms with van der Waals surface area (Å²) < 4.78 is 2.14. The van der Waals surface area contributed by atoms with Crippen LogP contribution in [0.4, 0.5) is 0 Å². The molecule has 0 atom stereocenters. The normalized spacial score (nSPS) is 17.0. The van der Waals surface area contributed by atoms with E-state index in [1.54, 1.807) is 0 Å². The molecular formula is C16H22BrNNaO2+. The molecule has 0 aliphatic carbocycles. The van der Waals surface area contributed by atoms with Gasteiger partial charge in [-0.15, -0.1) is 0 Å². The third-order valence-electron chi connectivity index (χ3n) is 4.21. The minimum atomic E-state index is -0.927. The molecule has 0 aromatic heterocycles. The van der Waals surface area contributed by atoms with Crippen LogP contribution in [0.5, 0.6) is 0 Å². The molecule has 1 aromatic rings. The summed E-state index contributed by atoms with van der Waals surface area (Å²) in [6, 6.07) is 8.49. The molecule has 0 spiro atoms. The Bertz CT molecular complexity index is 444. The number of rotatable bonds is 6. The summed E-state index contributed by atoms with van der Waals surface area (Å²) in [6.07, 6.45) is 4.71. The van der Waals surface area contributed by atoms with E-state index in [1.807, 2.05) is 0 Å². The van der Waals surface area contributed by atoms with Gasteiger partial charge in [-0.3, -0.25) is 0 Å². The first kappa shape index (κ1) is 19.2. The molecule has 0 N–H and O–H groups in total. The number of carbonyl (C=O) groups excluding carboxylic acids is 1. The van der Waals surface area contributed by atoms with E-state index in [0.717, 1.165) is 28.5 Å². The van der Waals surface area contributed by atoms with E-state index < -0.39 is 5.97 Å². The molecule has 0 amide bonds. The predicted molar refractivity (Wildman–Crippen MR) is 80.8 cm³/mol. The van der Waals surface area contributed by atoms with E-state index >= 15 is 0 Å². The van der Waals surface area contributed by atoms with E-state index in [4.69, 9.17) is 0 Å². The summed E-state index contributed by atoms with van der Waals surface area (Å²) in [6.45, 7) is 4.30. The van der Waals surface area contributed by atoms with Crippen LogP contribution in [-0.4, -0.2) is 30.1 Å². The average Bonchev–Trinajstić information content (AvgIpc) is 2.42. The Balaban J connectivity index is 0.00000220. The van der Waals surface area contributed by atoms with Crippen molar-refractivity contribution in [1.29, 1.82) is 0 Å². The molecule has 21 heavy (non-hydrogen) atoms. The second-order valence-corrected chi connectivity index (χ2v) is 6.75. The van der Waals surface area contributed by atoms with Gasteiger partial charge < -0.3 is 14.4 Å². The third-order valence-corrected chi connectivity index (χ3v) is 4.74. The van der Waals surface area contributed by atoms with Crippen LogP contribution < -0.4 is 34.7 Å². The van der Waals surface area contributed by atoms with Crippen molar-refractivity contribution >= 4 is 21.9 Å². The van der Waals surface area contributed by atoms with Gasteiger partial charge in [0.2, 0.25) is 0 Å². The number of carboxylic acid groups (broad SMARTS) is 1. The Morgan fingerprint density at radius 2 is 1.76 bits per heavy atom. The molecule has 1 aliphatic heterocycles. The van der Waals surface area contributed by atoms with Crippen LogP contribution in [0, 0.1) is 0 Å². The number of carboxylic acids is 1. The molecular weight excluding hydrogens is 341 g/mol. The topological polar surface area (TPSA) is 40.1 Å². The van der Waals surface area contributed by atoms with Gasteiger partial charge >= 0.3 is 29.6 Å². The standard InChI is InChI=1S/C16H22BrNO2.Na/c17-15-8-6-14(7-9-15)13-18(10-2-1-3-11-18)12-4-5-16(19)20;/h6-9H,1-5,10-13H2;/q;+1. The summed E-state index contributed by atoms with van der Waals surface area (Å²) >= 11 is 3.46. The molecule has 0 saturated carbocycles. The summed E-state index contributed by atoms with van der Waals surface area (Å²) in [5.41, 5.74) is 1.34. The Kier molecular flexibility index (Phi) is 8.50. The molecule has 5 heteroatoms. The molecule has 1 aliphatic rings. The van der Waals surface area contributed by atoms with Crippen LogP contribution in [0.2, 0.25) is 0 Å². The maximum atomic E-state index is 10.6. The Labute approximate surface area is 157 Å². The van der Waals surface area contributed by atoms with E-state index in [0.29, 0.717) is 0 Å². The van der Waals surface area contributed by atoms with Crippen molar-refractivity contribution in [1.82, 2.24) is 0 Å². The first-order valence-electron chi connectivity index (χ1n) is 7.39. The maximum Gasteiger partial charge on any atom is 1.00 e. The number of carbonyl (C=O) groups is 1. The Hall–Kier alpha value is 0.130. The van der Waals surface area contributed by atoms with Crippen molar-refractivity contribution in [3.05, 3.63) is 34.3 Å². The summed E-state index contributed by atoms with van der Waals surface area (Å²) in [5, 5.41) is 10.6. The van der Waals surface area contributed by atoms with Crippen molar-refractivity contribution in [2.24, 2.45) is 0 Å². The van der Waals surface area contributed by atoms with E-state index in [2.05, 4.69) is 40.2 Å². The number of hydrogen-bond acceptors (Lipinski definition) is 2. The number of aliphatic carboxylic acids is 1. The second kappa shape index (κ2) is 9.31. The third kappa shape index (κ3) is 6.41. The minimum absolute atomic E-state index is 0. The van der Waals surface area contributed by atoms with E-state index in [-0.39, 0.29) is 36.0 Å². The van der Waals surface area contributed by atoms with Gasteiger partial charge in [0, 0.05) is 22.4 Å². The first-order valence-corrected chi connectivity index (χ1v) is 8.18. The van der Waals surface area contributed by atoms with Gasteiger partial charge in [-0.1, -0.05) is 28.1 Å². The van der Waals surface area contributed by atoms with Gasteiger partial charge in [0.25, 0.3) is 0 Å². The fourth-order valence-corrected chi connectivity index (χ4v) is 3.44. The fourth-order valence-electron chi connectivity index (χ4n) is 3.18. The number of benzene rings is 1. The first-order chi connectivity index (χ1) is 9.60. The molecule has 1 aromatic carbocycles. The van der Waals surface area contributed by atoms with Gasteiger partial charge in [-0.25, -0.2) is 0 Å². The van der Waals surface area contributed by atoms with Crippen LogP contribution in [0.15, 0.2) is 28.7 Å². The smallest absolute Gasteiger partial charge is 0.550 e. The van der Waals surface area contributed by atoms with E-state index in [9.17, 15) is 9.90 Å². The average molecular weight is 363 g/mol. The van der Waals surface area contributed by atoms with Crippen molar-refractivity contribution in [2.45, 2.75) is 38.6 Å². The number of nitrogens with zero attached hydrogens (tertiary/aromatic N) is 1. The zero-order chi connectivity index (χ0) is 14.4. The van der Waals surface area contributed by atoms with Crippen LogP contribution in [-0.2, 0) is 11.3 Å². The molecule has 1 fully saturated rings. The number of likely N-dealkylation sites (tertiary alicyclic amines) is 1. The van der Waals surface area contributed by atoms with Crippen LogP contribution in [0.3, 0.4) is 0 Å². The zero-order valence-corrected chi connectivity index (χ0v) is 16.4. The van der Waals surface area contributed by atoms with Crippen LogP contribution >= 0.6 is 15.9 Å². The van der Waals surface area contributed by atoms with Gasteiger partial charge in [-0.2, -0.15) is 0 Å². The number of quaternary nitrogens is 1. The van der Waals surface area contributed by atoms with Gasteiger partial charge in [0.05, 0.1) is 19.6 Å². The van der Waals surface area contributed by atoms with Gasteiger partial charge in [-0.05, 0) is 37.8 Å². The van der Waals surface area contributed by atoms with Crippen molar-refractivity contribution in [2.75, 3.05) is 19.6 Å². The Morgan fingerprint density at radius 3 is 2.33 bits per heavy atom. The monoisotopic (exact) mass is 362 g/mol. The second-order valence-electron chi connectivity index (χ2n) is 5.83. The summed E-state index contributed by atoms with van der Waals surface area (Å²) in [7, 11) is 0. The van der Waals surface area contributed by atoms with Crippen LogP contribution in [0.25, 0.3) is 0 Å². The van der Waals surface area contributed by atoms with Crippen molar-refractivity contribution in [3.8, 4) is 0 Å². The van der Waals surface area contributed by atoms with Gasteiger partial charge in [0.15, 0.2) is 0 Å². The zero-order valence-electron chi connectivity index (χ0n) is 12.8. The van der Waals surface area contributed by atoms with Crippen molar-refractivity contribution in [3.63, 3.8) is 0 Å². The molecule has 0 unspecified atom stereocenters. The summed E-state index contributed by atoms with van der Waals surface area (Å²) in [4.78, 5) is 10.6. The minimum Gasteiger partial charge on any atom is -0.550 e. The number of hydrogen-bond donors (Lipinski definition) is 0. The molecule has 2 rings (SSSR count). The van der Waals surface area contributed by atoms with Crippen LogP contribution in [0.1, 0.15) is 37.7 Å². The van der Waals surface area contributed by atoms with Gasteiger partial charge in [0.1, 0.15) is 6.54 Å². The maximum absolute atomic E-state index is 10.6. The Morgan fingerprint density at radius 1 is 1.14 bits per heavy atom. The predicted octanol–water partition coefficient (Wildman–Crippen LogP) is -0.516. The number of halogens is 1. The quantitative estimate of drug-likeness (QED) is 0.504. The SMILES string of the molecule is O=C([O-])CCC[N+]1(Cc2ccc(Br)cc2)CCCCC1.[Na+]. The molecule has 1 saturated heterocycles. The molecule has 3 nitrogen and oxygen atoms in total. The molecule has 0 radical (unpaired) electrons. The number of piperidine rings is 1. The molecule has 110 valence electrons. The molecule has 1 heterocycles. The van der Waals surface area contributed by atoms with Crippen molar-refractivity contribution < 1.29 is 43.9 Å². The molecule has 0 bridgehead atoms.